The number of rotatable bonds is 8. The first-order valence-electron chi connectivity index (χ1n) is 6.70. The Morgan fingerprint density at radius 3 is 2.45 bits per heavy atom. The maximum absolute atomic E-state index is 11.5. The first-order chi connectivity index (χ1) is 9.28. The Kier molecular flexibility index (Phi) is 8.54. The summed E-state index contributed by atoms with van der Waals surface area (Å²) in [6.07, 6.45) is 2.75. The van der Waals surface area contributed by atoms with Gasteiger partial charge in [0.05, 0.1) is 6.04 Å². The lowest BCUT2D eigenvalue weighted by Crippen LogP contribution is -2.45. The van der Waals surface area contributed by atoms with Gasteiger partial charge in [-0.1, -0.05) is 0 Å². The van der Waals surface area contributed by atoms with Crippen LogP contribution in [-0.4, -0.2) is 43.0 Å². The zero-order chi connectivity index (χ0) is 15.6. The number of nitrogens with one attached hydrogen (secondary N) is 2. The van der Waals surface area contributed by atoms with E-state index in [1.54, 1.807) is 20.8 Å². The highest BCUT2D eigenvalue weighted by atomic mass is 16.6. The molecule has 0 aliphatic rings. The fourth-order valence-electron chi connectivity index (χ4n) is 1.43. The third-order valence-corrected chi connectivity index (χ3v) is 2.26. The molecule has 0 spiro atoms. The van der Waals surface area contributed by atoms with Crippen molar-refractivity contribution in [1.29, 1.82) is 0 Å². The van der Waals surface area contributed by atoms with E-state index in [0.29, 0.717) is 19.3 Å². The molecule has 0 aromatic rings. The number of hydrogen-bond acceptors (Lipinski definition) is 5. The van der Waals surface area contributed by atoms with E-state index < -0.39 is 23.6 Å². The summed E-state index contributed by atoms with van der Waals surface area (Å²) in [7, 11) is 0. The minimum atomic E-state index is -0.594. The molecule has 0 rings (SSSR count). The van der Waals surface area contributed by atoms with Crippen molar-refractivity contribution < 1.29 is 19.1 Å². The van der Waals surface area contributed by atoms with Gasteiger partial charge in [-0.2, -0.15) is 0 Å². The summed E-state index contributed by atoms with van der Waals surface area (Å²) in [6.45, 7) is 5.54. The van der Waals surface area contributed by atoms with E-state index >= 15 is 0 Å². The maximum atomic E-state index is 11.5. The average Bonchev–Trinajstić information content (AvgIpc) is 2.33. The van der Waals surface area contributed by atoms with Crippen molar-refractivity contribution in [1.82, 2.24) is 10.6 Å². The molecule has 0 aromatic heterocycles. The van der Waals surface area contributed by atoms with Crippen molar-refractivity contribution in [3.05, 3.63) is 0 Å². The highest BCUT2D eigenvalue weighted by Gasteiger charge is 2.17. The summed E-state index contributed by atoms with van der Waals surface area (Å²) in [5.74, 6) is -0.529. The molecule has 0 aliphatic heterocycles. The number of amides is 2. The Morgan fingerprint density at radius 2 is 1.95 bits per heavy atom. The van der Waals surface area contributed by atoms with Crippen molar-refractivity contribution >= 4 is 18.3 Å². The summed E-state index contributed by atoms with van der Waals surface area (Å²) in [5, 5.41) is 4.83. The molecule has 7 nitrogen and oxygen atoms in total. The summed E-state index contributed by atoms with van der Waals surface area (Å²) in [6, 6.07) is -1.14. The quantitative estimate of drug-likeness (QED) is 0.338. The minimum absolute atomic E-state index is 0.239. The molecule has 0 heterocycles. The molecular formula is C13H25N3O4. The SMILES string of the molecule is CC(C)(C)OC(=O)CNC(=O)NC(C=O)CCCCN. The number of carbonyl (C=O) groups is 3. The van der Waals surface area contributed by atoms with Gasteiger partial charge in [-0.05, 0) is 46.6 Å². The number of aldehydes is 1. The lowest BCUT2D eigenvalue weighted by atomic mass is 10.1. The molecule has 116 valence electrons. The predicted molar refractivity (Wildman–Crippen MR) is 75.1 cm³/mol. The van der Waals surface area contributed by atoms with Crippen LogP contribution in [0.3, 0.4) is 0 Å². The van der Waals surface area contributed by atoms with Gasteiger partial charge in [0.2, 0.25) is 0 Å². The lowest BCUT2D eigenvalue weighted by molar-refractivity contribution is -0.153. The molecular weight excluding hydrogens is 262 g/mol. The van der Waals surface area contributed by atoms with Gasteiger partial charge in [0, 0.05) is 0 Å². The molecule has 0 aliphatic carbocycles. The van der Waals surface area contributed by atoms with Gasteiger partial charge in [-0.15, -0.1) is 0 Å². The van der Waals surface area contributed by atoms with Crippen LogP contribution in [0.25, 0.3) is 0 Å². The van der Waals surface area contributed by atoms with E-state index in [2.05, 4.69) is 10.6 Å². The zero-order valence-corrected chi connectivity index (χ0v) is 12.4. The van der Waals surface area contributed by atoms with Crippen molar-refractivity contribution in [3.63, 3.8) is 0 Å². The lowest BCUT2D eigenvalue weighted by Gasteiger charge is -2.20. The normalized spacial score (nSPS) is 12.4. The van der Waals surface area contributed by atoms with Crippen LogP contribution in [0.2, 0.25) is 0 Å². The van der Waals surface area contributed by atoms with Crippen LogP contribution in [0.1, 0.15) is 40.0 Å². The van der Waals surface area contributed by atoms with E-state index in [1.807, 2.05) is 0 Å². The zero-order valence-electron chi connectivity index (χ0n) is 12.4. The average molecular weight is 287 g/mol. The minimum Gasteiger partial charge on any atom is -0.459 e. The van der Waals surface area contributed by atoms with Crippen LogP contribution in [0.5, 0.6) is 0 Å². The Labute approximate surface area is 119 Å². The monoisotopic (exact) mass is 287 g/mol. The van der Waals surface area contributed by atoms with E-state index in [-0.39, 0.29) is 6.54 Å². The van der Waals surface area contributed by atoms with Crippen molar-refractivity contribution in [2.75, 3.05) is 13.1 Å². The van der Waals surface area contributed by atoms with Gasteiger partial charge >= 0.3 is 12.0 Å². The number of unbranched alkanes of at least 4 members (excludes halogenated alkanes) is 1. The predicted octanol–water partition coefficient (Wildman–Crippen LogP) is 0.324. The molecule has 0 bridgehead atoms. The number of esters is 1. The third kappa shape index (κ3) is 10.3. The van der Waals surface area contributed by atoms with Crippen LogP contribution in [0.15, 0.2) is 0 Å². The van der Waals surface area contributed by atoms with Crippen molar-refractivity contribution in [3.8, 4) is 0 Å². The van der Waals surface area contributed by atoms with Gasteiger partial charge in [-0.25, -0.2) is 4.79 Å². The summed E-state index contributed by atoms with van der Waals surface area (Å²) < 4.78 is 5.03. The van der Waals surface area contributed by atoms with Gasteiger partial charge in [0.15, 0.2) is 0 Å². The van der Waals surface area contributed by atoms with E-state index in [9.17, 15) is 14.4 Å². The fraction of sp³-hybridized carbons (Fsp3) is 0.769. The number of ether oxygens (including phenoxy) is 1. The Balaban J connectivity index is 3.96. The van der Waals surface area contributed by atoms with Crippen LogP contribution < -0.4 is 16.4 Å². The summed E-state index contributed by atoms with van der Waals surface area (Å²) in [4.78, 5) is 33.7. The summed E-state index contributed by atoms with van der Waals surface area (Å²) >= 11 is 0. The van der Waals surface area contributed by atoms with Gasteiger partial charge < -0.3 is 25.9 Å². The van der Waals surface area contributed by atoms with Crippen LogP contribution in [0, 0.1) is 0 Å². The van der Waals surface area contributed by atoms with E-state index in [0.717, 1.165) is 12.8 Å². The molecule has 0 fully saturated rings. The number of carbonyl (C=O) groups excluding carboxylic acids is 3. The Hall–Kier alpha value is -1.63. The molecule has 0 radical (unpaired) electrons. The second-order valence-corrected chi connectivity index (χ2v) is 5.44. The fourth-order valence-corrected chi connectivity index (χ4v) is 1.43. The van der Waals surface area contributed by atoms with Crippen molar-refractivity contribution in [2.24, 2.45) is 5.73 Å². The van der Waals surface area contributed by atoms with Gasteiger partial charge in [0.1, 0.15) is 18.4 Å². The second kappa shape index (κ2) is 9.30. The molecule has 0 saturated carbocycles. The molecule has 1 unspecified atom stereocenters. The topological polar surface area (TPSA) is 111 Å². The largest absolute Gasteiger partial charge is 0.459 e. The van der Waals surface area contributed by atoms with Gasteiger partial charge in [-0.3, -0.25) is 4.79 Å². The van der Waals surface area contributed by atoms with Crippen LogP contribution in [0.4, 0.5) is 4.79 Å². The number of hydrogen-bond donors (Lipinski definition) is 3. The maximum Gasteiger partial charge on any atom is 0.325 e. The first kappa shape index (κ1) is 18.4. The van der Waals surface area contributed by atoms with Crippen molar-refractivity contribution in [2.45, 2.75) is 51.7 Å². The third-order valence-electron chi connectivity index (χ3n) is 2.26. The van der Waals surface area contributed by atoms with E-state index in [1.165, 1.54) is 0 Å². The van der Waals surface area contributed by atoms with E-state index in [4.69, 9.17) is 10.5 Å². The molecule has 20 heavy (non-hydrogen) atoms. The van der Waals surface area contributed by atoms with Gasteiger partial charge in [0.25, 0.3) is 0 Å². The molecule has 7 heteroatoms. The second-order valence-electron chi connectivity index (χ2n) is 5.44. The Bertz CT molecular complexity index is 326. The van der Waals surface area contributed by atoms with Crippen LogP contribution >= 0.6 is 0 Å². The number of urea groups is 1. The standard InChI is InChI=1S/C13H25N3O4/c1-13(2,3)20-11(18)8-15-12(19)16-10(9-17)6-4-5-7-14/h9-10H,4-8,14H2,1-3H3,(H2,15,16,19). The molecule has 4 N–H and O–H groups in total. The highest BCUT2D eigenvalue weighted by molar-refractivity contribution is 5.82. The number of nitrogens with two attached hydrogens (primary N) is 1. The molecule has 1 atom stereocenters. The Morgan fingerprint density at radius 1 is 1.30 bits per heavy atom. The molecule has 0 saturated heterocycles. The molecule has 0 aromatic carbocycles. The first-order valence-corrected chi connectivity index (χ1v) is 6.70. The van der Waals surface area contributed by atoms with Crippen LogP contribution in [-0.2, 0) is 14.3 Å². The summed E-state index contributed by atoms with van der Waals surface area (Å²) in [5.41, 5.74) is 4.75. The molecule has 2 amide bonds. The smallest absolute Gasteiger partial charge is 0.325 e. The highest BCUT2D eigenvalue weighted by Crippen LogP contribution is 2.06.